The van der Waals surface area contributed by atoms with Crippen molar-refractivity contribution in [1.82, 2.24) is 9.55 Å². The molecule has 1 aliphatic heterocycles. The Kier molecular flexibility index (Phi) is 4.46. The highest BCUT2D eigenvalue weighted by Crippen LogP contribution is 2.35. The van der Waals surface area contributed by atoms with Crippen LogP contribution in [0.4, 0.5) is 13.2 Å². The molecule has 4 rings (SSSR count). The first kappa shape index (κ1) is 18.9. The number of halogens is 4. The first-order valence-corrected chi connectivity index (χ1v) is 9.51. The first-order chi connectivity index (χ1) is 13.2. The Balaban J connectivity index is 1.94. The molecule has 0 fully saturated rings. The van der Waals surface area contributed by atoms with Gasteiger partial charge in [0.1, 0.15) is 11.6 Å². The highest BCUT2D eigenvalue weighted by molar-refractivity contribution is 7.15. The van der Waals surface area contributed by atoms with Crippen LogP contribution < -0.4 is 15.2 Å². The molecule has 2 aromatic heterocycles. The molecule has 1 aliphatic rings. The highest BCUT2D eigenvalue weighted by atomic mass is 35.5. The lowest BCUT2D eigenvalue weighted by Crippen LogP contribution is -2.47. The smallest absolute Gasteiger partial charge is 0.416 e. The third-order valence-electron chi connectivity index (χ3n) is 4.87. The summed E-state index contributed by atoms with van der Waals surface area (Å²) in [5.41, 5.74) is -1.86. The van der Waals surface area contributed by atoms with Crippen LogP contribution in [0.2, 0.25) is 4.47 Å². The molecular weight excluding hydrogens is 415 g/mol. The molecule has 10 heteroatoms. The van der Waals surface area contributed by atoms with Crippen LogP contribution >= 0.6 is 22.9 Å². The van der Waals surface area contributed by atoms with E-state index in [0.717, 1.165) is 17.0 Å². The molecule has 0 bridgehead atoms. The summed E-state index contributed by atoms with van der Waals surface area (Å²) in [6, 6.07) is 3.91. The monoisotopic (exact) mass is 427 g/mol. The molecule has 3 aromatic rings. The number of alkyl halides is 3. The molecule has 0 spiro atoms. The Labute approximate surface area is 166 Å². The molecular formula is C18H13ClF3N3O2S. The number of nitrogens with zero attached hydrogens (tertiary/aromatic N) is 3. The standard InChI is InChI=1S/C18H13ClF3N3O2S/c1-24-13-6-5-11(12-8-23-17(19)28-12)25(13)16(27)14(15(24)26)9-3-2-4-10(7-9)18(20,21)22/h2-4,7-8,11H,5-6H2,1H3. The number of hydrogen-bond acceptors (Lipinski definition) is 4. The lowest BCUT2D eigenvalue weighted by molar-refractivity contribution is -0.747. The van der Waals surface area contributed by atoms with E-state index in [0.29, 0.717) is 23.1 Å². The van der Waals surface area contributed by atoms with Crippen LogP contribution in [0.15, 0.2) is 35.3 Å². The van der Waals surface area contributed by atoms with Gasteiger partial charge in [0, 0.05) is 12.6 Å². The van der Waals surface area contributed by atoms with Crippen LogP contribution in [0, 0.1) is 0 Å². The molecule has 3 heterocycles. The molecule has 146 valence electrons. The van der Waals surface area contributed by atoms with Crippen molar-refractivity contribution >= 4 is 22.9 Å². The molecule has 0 aliphatic carbocycles. The second-order valence-corrected chi connectivity index (χ2v) is 8.12. The Morgan fingerprint density at radius 3 is 2.79 bits per heavy atom. The first-order valence-electron chi connectivity index (χ1n) is 8.31. The van der Waals surface area contributed by atoms with Crippen LogP contribution in [0.5, 0.6) is 5.88 Å². The summed E-state index contributed by atoms with van der Waals surface area (Å²) in [5.74, 6) is -0.0790. The number of fused-ring (bicyclic) bond motifs is 1. The molecule has 1 atom stereocenters. The third-order valence-corrected chi connectivity index (χ3v) is 6.09. The van der Waals surface area contributed by atoms with E-state index in [1.807, 2.05) is 0 Å². The van der Waals surface area contributed by atoms with E-state index >= 15 is 0 Å². The molecule has 28 heavy (non-hydrogen) atoms. The lowest BCUT2D eigenvalue weighted by Gasteiger charge is -2.20. The molecule has 0 saturated carbocycles. The SMILES string of the molecule is Cn1c2[n+](c([O-])c(-c3cccc(C(F)(F)F)c3)c1=O)C(c1cnc(Cl)s1)CC2. The minimum Gasteiger partial charge on any atom is -0.842 e. The molecule has 0 radical (unpaired) electrons. The summed E-state index contributed by atoms with van der Waals surface area (Å²) in [6.07, 6.45) is -1.93. The van der Waals surface area contributed by atoms with Crippen LogP contribution in [-0.4, -0.2) is 9.55 Å². The van der Waals surface area contributed by atoms with Crippen molar-refractivity contribution in [2.24, 2.45) is 7.05 Å². The van der Waals surface area contributed by atoms with Crippen LogP contribution in [-0.2, 0) is 19.6 Å². The van der Waals surface area contributed by atoms with Crippen molar-refractivity contribution in [1.29, 1.82) is 0 Å². The maximum Gasteiger partial charge on any atom is 0.416 e. The Morgan fingerprint density at radius 1 is 1.39 bits per heavy atom. The maximum atomic E-state index is 13.2. The van der Waals surface area contributed by atoms with E-state index in [-0.39, 0.29) is 17.2 Å². The normalized spacial score (nSPS) is 16.4. The Morgan fingerprint density at radius 2 is 2.14 bits per heavy atom. The van der Waals surface area contributed by atoms with Gasteiger partial charge in [-0.05, 0) is 17.7 Å². The number of hydrogen-bond donors (Lipinski definition) is 0. The average molecular weight is 428 g/mol. The van der Waals surface area contributed by atoms with Gasteiger partial charge in [0.15, 0.2) is 4.47 Å². The van der Waals surface area contributed by atoms with Crippen LogP contribution in [0.3, 0.4) is 0 Å². The zero-order chi connectivity index (χ0) is 20.2. The molecule has 5 nitrogen and oxygen atoms in total. The van der Waals surface area contributed by atoms with E-state index in [1.165, 1.54) is 39.7 Å². The van der Waals surface area contributed by atoms with Crippen LogP contribution in [0.25, 0.3) is 11.1 Å². The van der Waals surface area contributed by atoms with Gasteiger partial charge in [0.25, 0.3) is 5.82 Å². The number of thiazole rings is 1. The van der Waals surface area contributed by atoms with Gasteiger partial charge in [0.05, 0.1) is 29.8 Å². The summed E-state index contributed by atoms with van der Waals surface area (Å²) < 4.78 is 42.4. The van der Waals surface area contributed by atoms with Gasteiger partial charge in [-0.1, -0.05) is 23.7 Å². The minimum absolute atomic E-state index is 0.0521. The quantitative estimate of drug-likeness (QED) is 0.590. The maximum absolute atomic E-state index is 13.2. The lowest BCUT2D eigenvalue weighted by atomic mass is 10.0. The van der Waals surface area contributed by atoms with Crippen molar-refractivity contribution in [2.45, 2.75) is 25.1 Å². The predicted octanol–water partition coefficient (Wildman–Crippen LogP) is 3.08. The van der Waals surface area contributed by atoms with E-state index in [2.05, 4.69) is 4.98 Å². The molecule has 1 aromatic carbocycles. The summed E-state index contributed by atoms with van der Waals surface area (Å²) in [6.45, 7) is 0. The fourth-order valence-corrected chi connectivity index (χ4v) is 4.65. The second kappa shape index (κ2) is 6.59. The average Bonchev–Trinajstić information content (AvgIpc) is 3.26. The van der Waals surface area contributed by atoms with E-state index in [1.54, 1.807) is 6.20 Å². The van der Waals surface area contributed by atoms with Crippen molar-refractivity contribution in [3.05, 3.63) is 61.5 Å². The van der Waals surface area contributed by atoms with Crippen LogP contribution in [0.1, 0.15) is 28.7 Å². The van der Waals surface area contributed by atoms with Gasteiger partial charge >= 0.3 is 11.7 Å². The second-order valence-electron chi connectivity index (χ2n) is 6.48. The number of rotatable bonds is 2. The number of benzene rings is 1. The van der Waals surface area contributed by atoms with Crippen molar-refractivity contribution in [2.75, 3.05) is 0 Å². The summed E-state index contributed by atoms with van der Waals surface area (Å²) >= 11 is 7.14. The van der Waals surface area contributed by atoms with Crippen molar-refractivity contribution < 1.29 is 22.8 Å². The molecule has 0 saturated heterocycles. The third kappa shape index (κ3) is 2.98. The van der Waals surface area contributed by atoms with Crippen molar-refractivity contribution in [3.8, 4) is 17.0 Å². The zero-order valence-corrected chi connectivity index (χ0v) is 16.0. The van der Waals surface area contributed by atoms with Crippen molar-refractivity contribution in [3.63, 3.8) is 0 Å². The Bertz CT molecular complexity index is 1140. The van der Waals surface area contributed by atoms with Gasteiger partial charge in [0.2, 0.25) is 0 Å². The fraction of sp³-hybridized carbons (Fsp3) is 0.278. The number of aromatic nitrogens is 3. The highest BCUT2D eigenvalue weighted by Gasteiger charge is 2.37. The summed E-state index contributed by atoms with van der Waals surface area (Å²) in [5, 5.41) is 13.2. The fourth-order valence-electron chi connectivity index (χ4n) is 3.57. The van der Waals surface area contributed by atoms with Gasteiger partial charge in [-0.3, -0.25) is 0 Å². The molecule has 1 unspecified atom stereocenters. The van der Waals surface area contributed by atoms with E-state index < -0.39 is 23.2 Å². The van der Waals surface area contributed by atoms with Gasteiger partial charge < -0.3 is 5.11 Å². The predicted molar refractivity (Wildman–Crippen MR) is 95.3 cm³/mol. The Hall–Kier alpha value is -2.39. The summed E-state index contributed by atoms with van der Waals surface area (Å²) in [4.78, 5) is 17.6. The zero-order valence-electron chi connectivity index (χ0n) is 14.5. The molecule has 0 N–H and O–H groups in total. The molecule has 0 amide bonds. The van der Waals surface area contributed by atoms with Gasteiger partial charge in [-0.15, -0.1) is 11.3 Å². The van der Waals surface area contributed by atoms with Gasteiger partial charge in [-0.25, -0.2) is 14.3 Å². The summed E-state index contributed by atoms with van der Waals surface area (Å²) in [7, 11) is 1.52. The minimum atomic E-state index is -4.57. The largest absolute Gasteiger partial charge is 0.842 e. The topological polar surface area (TPSA) is 61.8 Å². The van der Waals surface area contributed by atoms with Gasteiger partial charge in [-0.2, -0.15) is 17.7 Å². The van der Waals surface area contributed by atoms with E-state index in [9.17, 15) is 23.1 Å². The van der Waals surface area contributed by atoms with E-state index in [4.69, 9.17) is 11.6 Å².